The maximum atomic E-state index is 6.50. The van der Waals surface area contributed by atoms with Gasteiger partial charge in [-0.25, -0.2) is 10.2 Å². The molecule has 1 fully saturated rings. The van der Waals surface area contributed by atoms with Crippen molar-refractivity contribution in [1.82, 2.24) is 10.3 Å². The van der Waals surface area contributed by atoms with Crippen LogP contribution in [0.25, 0.3) is 0 Å². The number of nitriles is 1. The van der Waals surface area contributed by atoms with Crippen LogP contribution < -0.4 is 10.1 Å². The number of nitrogens with one attached hydrogen (secondary N) is 1. The predicted octanol–water partition coefficient (Wildman–Crippen LogP) is 2.64. The molecule has 100 valence electrons. The van der Waals surface area contributed by atoms with Crippen LogP contribution in [0.1, 0.15) is 37.4 Å². The highest BCUT2D eigenvalue weighted by Crippen LogP contribution is 2.25. The van der Waals surface area contributed by atoms with Crippen LogP contribution in [0.2, 0.25) is 0 Å². The topological polar surface area (TPSA) is 57.9 Å². The molecule has 1 aliphatic rings. The summed E-state index contributed by atoms with van der Waals surface area (Å²) in [6, 6.07) is 4.20. The van der Waals surface area contributed by atoms with E-state index < -0.39 is 0 Å². The first-order valence-corrected chi connectivity index (χ1v) is 6.28. The molecule has 18 heavy (non-hydrogen) atoms. The monoisotopic (exact) mass is 249 g/mol. The van der Waals surface area contributed by atoms with Crippen molar-refractivity contribution in [3.63, 3.8) is 0 Å². The highest BCUT2D eigenvalue weighted by molar-refractivity contribution is 5.28. The number of hydrogen-bond acceptors (Lipinski definition) is 4. The minimum absolute atomic E-state index is 0.630. The summed E-state index contributed by atoms with van der Waals surface area (Å²) in [4.78, 5) is 4.28. The van der Waals surface area contributed by atoms with Crippen molar-refractivity contribution >= 4 is 0 Å². The summed E-state index contributed by atoms with van der Waals surface area (Å²) in [7, 11) is 1.67. The molecule has 0 aromatic carbocycles. The lowest BCUT2D eigenvalue weighted by Crippen LogP contribution is -2.08. The van der Waals surface area contributed by atoms with E-state index in [1.807, 2.05) is 26.8 Å². The fraction of sp³-hybridized carbons (Fsp3) is 0.571. The fourth-order valence-corrected chi connectivity index (χ4v) is 1.94. The van der Waals surface area contributed by atoms with E-state index >= 15 is 0 Å². The molecule has 1 atom stereocenters. The fourth-order valence-electron chi connectivity index (χ4n) is 1.94. The van der Waals surface area contributed by atoms with Gasteiger partial charge in [-0.05, 0) is 37.4 Å². The average Bonchev–Trinajstić information content (AvgIpc) is 2.96. The van der Waals surface area contributed by atoms with Gasteiger partial charge in [0.25, 0.3) is 0 Å². The van der Waals surface area contributed by atoms with Gasteiger partial charge in [-0.1, -0.05) is 13.8 Å². The van der Waals surface area contributed by atoms with Gasteiger partial charge in [0.2, 0.25) is 5.88 Å². The molecule has 1 aromatic heterocycles. The van der Waals surface area contributed by atoms with Crippen molar-refractivity contribution in [3.05, 3.63) is 23.4 Å². The first-order valence-electron chi connectivity index (χ1n) is 6.28. The van der Waals surface area contributed by atoms with E-state index in [0.29, 0.717) is 5.92 Å². The van der Waals surface area contributed by atoms with Crippen molar-refractivity contribution in [2.24, 2.45) is 0 Å². The van der Waals surface area contributed by atoms with Gasteiger partial charge < -0.3 is 10.1 Å². The van der Waals surface area contributed by atoms with E-state index in [0.717, 1.165) is 24.7 Å². The van der Waals surface area contributed by atoms with Crippen LogP contribution in [0.15, 0.2) is 12.1 Å². The van der Waals surface area contributed by atoms with Crippen LogP contribution in [-0.4, -0.2) is 25.2 Å². The van der Waals surface area contributed by atoms with E-state index in [2.05, 4.69) is 22.9 Å². The summed E-state index contributed by atoms with van der Waals surface area (Å²) in [5, 5.41) is 9.87. The first-order chi connectivity index (χ1) is 8.79. The Morgan fingerprint density at radius 3 is 2.56 bits per heavy atom. The molecule has 1 saturated heterocycles. The van der Waals surface area contributed by atoms with E-state index in [9.17, 15) is 0 Å². The Kier molecular flexibility index (Phi) is 8.59. The van der Waals surface area contributed by atoms with Gasteiger partial charge in [0.15, 0.2) is 0 Å². The third-order valence-electron chi connectivity index (χ3n) is 2.69. The van der Waals surface area contributed by atoms with E-state index in [-0.39, 0.29) is 0 Å². The van der Waals surface area contributed by atoms with Crippen LogP contribution in [0.3, 0.4) is 0 Å². The van der Waals surface area contributed by atoms with E-state index in [4.69, 9.17) is 10.00 Å². The highest BCUT2D eigenvalue weighted by Gasteiger charge is 2.17. The van der Waals surface area contributed by atoms with Crippen molar-refractivity contribution in [3.8, 4) is 12.5 Å². The lowest BCUT2D eigenvalue weighted by atomic mass is 9.99. The zero-order valence-electron chi connectivity index (χ0n) is 11.7. The zero-order valence-corrected chi connectivity index (χ0v) is 11.7. The van der Waals surface area contributed by atoms with Gasteiger partial charge in [-0.3, -0.25) is 0 Å². The lowest BCUT2D eigenvalue weighted by Gasteiger charge is -2.10. The molecule has 0 aliphatic carbocycles. The Balaban J connectivity index is 0.000000659. The number of aromatic nitrogens is 1. The minimum Gasteiger partial charge on any atom is -0.481 e. The van der Waals surface area contributed by atoms with Crippen LogP contribution >= 0.6 is 0 Å². The number of nitrogens with zero attached hydrogens (tertiary/aromatic N) is 2. The summed E-state index contributed by atoms with van der Waals surface area (Å²) in [5.74, 6) is 1.36. The summed E-state index contributed by atoms with van der Waals surface area (Å²) in [6.07, 6.45) is 1.21. The molecule has 2 rings (SSSR count). The normalized spacial score (nSPS) is 16.9. The van der Waals surface area contributed by atoms with Gasteiger partial charge in [0.1, 0.15) is 0 Å². The number of rotatable bonds is 2. The van der Waals surface area contributed by atoms with Gasteiger partial charge in [-0.15, -0.1) is 0 Å². The number of hydrogen-bond donors (Lipinski definition) is 1. The summed E-state index contributed by atoms with van der Waals surface area (Å²) in [5.41, 5.74) is 2.38. The molecule has 0 radical (unpaired) electrons. The standard InChI is InChI=1S/C11H16N2O.C2H6.CHN/c1-8-5-10(6-11(13-8)14-2)9-3-4-12-7-9;2*1-2/h5-6,9,12H,3-4,7H2,1-2H3;1-2H3;1H. The van der Waals surface area contributed by atoms with E-state index in [1.54, 1.807) is 7.11 Å². The molecule has 1 unspecified atom stereocenters. The summed E-state index contributed by atoms with van der Waals surface area (Å²) in [6.45, 7) is 11.7. The highest BCUT2D eigenvalue weighted by atomic mass is 16.5. The molecular weight excluding hydrogens is 226 g/mol. The Bertz CT molecular complexity index is 357. The van der Waals surface area contributed by atoms with Crippen molar-refractivity contribution in [1.29, 1.82) is 5.26 Å². The average molecular weight is 249 g/mol. The molecule has 0 saturated carbocycles. The molecule has 0 amide bonds. The van der Waals surface area contributed by atoms with Crippen LogP contribution in [-0.2, 0) is 0 Å². The number of methoxy groups -OCH3 is 1. The summed E-state index contributed by atoms with van der Waals surface area (Å²) < 4.78 is 5.16. The van der Waals surface area contributed by atoms with Crippen LogP contribution in [0.4, 0.5) is 0 Å². The number of pyridine rings is 1. The number of ether oxygens (including phenoxy) is 1. The smallest absolute Gasteiger partial charge is 0.213 e. The minimum atomic E-state index is 0.630. The Labute approximate surface area is 110 Å². The van der Waals surface area contributed by atoms with Gasteiger partial charge in [0, 0.05) is 24.9 Å². The Morgan fingerprint density at radius 1 is 1.39 bits per heavy atom. The largest absolute Gasteiger partial charge is 0.481 e. The molecular formula is C14H23N3O. The second kappa shape index (κ2) is 9.43. The molecule has 0 bridgehead atoms. The molecule has 4 heteroatoms. The van der Waals surface area contributed by atoms with Gasteiger partial charge in [-0.2, -0.15) is 0 Å². The molecule has 1 aliphatic heterocycles. The second-order valence-corrected chi connectivity index (χ2v) is 3.77. The summed E-state index contributed by atoms with van der Waals surface area (Å²) >= 11 is 0. The van der Waals surface area contributed by atoms with Crippen molar-refractivity contribution in [2.75, 3.05) is 20.2 Å². The van der Waals surface area contributed by atoms with Gasteiger partial charge in [0.05, 0.1) is 7.11 Å². The van der Waals surface area contributed by atoms with Gasteiger partial charge >= 0.3 is 0 Å². The van der Waals surface area contributed by atoms with Crippen molar-refractivity contribution < 1.29 is 4.74 Å². The molecule has 0 spiro atoms. The molecule has 1 N–H and O–H groups in total. The first kappa shape index (κ1) is 16.4. The van der Waals surface area contributed by atoms with Crippen LogP contribution in [0, 0.1) is 18.8 Å². The number of aryl methyl sites for hydroxylation is 1. The quantitative estimate of drug-likeness (QED) is 0.875. The molecule has 2 heterocycles. The maximum Gasteiger partial charge on any atom is 0.213 e. The Morgan fingerprint density at radius 2 is 2.06 bits per heavy atom. The third-order valence-corrected chi connectivity index (χ3v) is 2.69. The second-order valence-electron chi connectivity index (χ2n) is 3.77. The molecule has 1 aromatic rings. The third kappa shape index (κ3) is 4.72. The SMILES string of the molecule is C#N.CC.COc1cc(C2CCNC2)cc(C)n1. The predicted molar refractivity (Wildman–Crippen MR) is 73.8 cm³/mol. The van der Waals surface area contributed by atoms with Crippen molar-refractivity contribution in [2.45, 2.75) is 33.1 Å². The van der Waals surface area contributed by atoms with Crippen LogP contribution in [0.5, 0.6) is 5.88 Å². The zero-order chi connectivity index (χ0) is 14.0. The maximum absolute atomic E-state index is 6.50. The lowest BCUT2D eigenvalue weighted by molar-refractivity contribution is 0.396. The molecule has 4 nitrogen and oxygen atoms in total. The van der Waals surface area contributed by atoms with E-state index in [1.165, 1.54) is 12.0 Å². The Hall–Kier alpha value is -1.60.